The van der Waals surface area contributed by atoms with Crippen molar-refractivity contribution in [2.75, 3.05) is 18.8 Å². The van der Waals surface area contributed by atoms with E-state index in [1.165, 1.54) is 0 Å². The highest BCUT2D eigenvalue weighted by molar-refractivity contribution is 7.89. The quantitative estimate of drug-likeness (QED) is 0.791. The van der Waals surface area contributed by atoms with E-state index in [1.54, 1.807) is 0 Å². The van der Waals surface area contributed by atoms with E-state index in [9.17, 15) is 17.9 Å². The second kappa shape index (κ2) is 4.65. The average molecular weight is 295 g/mol. The van der Waals surface area contributed by atoms with Crippen molar-refractivity contribution in [1.29, 1.82) is 0 Å². The maximum absolute atomic E-state index is 13.1. The number of hydrogen-bond donors (Lipinski definition) is 2. The zero-order valence-electron chi connectivity index (χ0n) is 9.31. The molecular weight excluding hydrogens is 283 g/mol. The number of halogens is 2. The second-order valence-corrected chi connectivity index (χ2v) is 6.42. The molecule has 0 aliphatic carbocycles. The molecule has 1 saturated heterocycles. The summed E-state index contributed by atoms with van der Waals surface area (Å²) in [6.07, 6.45) is -0.315. The van der Waals surface area contributed by atoms with E-state index in [0.29, 0.717) is 6.42 Å². The van der Waals surface area contributed by atoms with E-state index >= 15 is 0 Å². The Kier molecular flexibility index (Phi) is 3.50. The molecule has 0 amide bonds. The minimum Gasteiger partial charge on any atom is -0.396 e. The largest absolute Gasteiger partial charge is 0.396 e. The molecule has 1 aliphatic heterocycles. The summed E-state index contributed by atoms with van der Waals surface area (Å²) >= 11 is 5.74. The molecule has 0 bridgehead atoms. The Morgan fingerprint density at radius 2 is 2.17 bits per heavy atom. The molecule has 0 saturated carbocycles. The van der Waals surface area contributed by atoms with Crippen LogP contribution < -0.4 is 5.73 Å². The van der Waals surface area contributed by atoms with Gasteiger partial charge in [0.25, 0.3) is 0 Å². The third kappa shape index (κ3) is 2.31. The Bertz CT molecular complexity index is 579. The summed E-state index contributed by atoms with van der Waals surface area (Å²) in [6.45, 7) is 0.215. The number of nitrogens with two attached hydrogens (primary N) is 1. The monoisotopic (exact) mass is 294 g/mol. The van der Waals surface area contributed by atoms with Crippen LogP contribution in [0.15, 0.2) is 17.0 Å². The van der Waals surface area contributed by atoms with Crippen molar-refractivity contribution in [3.05, 3.63) is 23.0 Å². The number of sulfonamides is 1. The van der Waals surface area contributed by atoms with Crippen molar-refractivity contribution >= 4 is 27.3 Å². The molecule has 1 heterocycles. The van der Waals surface area contributed by atoms with Crippen LogP contribution in [0.2, 0.25) is 5.02 Å². The van der Waals surface area contributed by atoms with E-state index in [4.69, 9.17) is 17.3 Å². The molecule has 0 spiro atoms. The molecule has 1 aromatic rings. The first-order valence-electron chi connectivity index (χ1n) is 5.25. The summed E-state index contributed by atoms with van der Waals surface area (Å²) < 4.78 is 38.7. The summed E-state index contributed by atoms with van der Waals surface area (Å²) in [4.78, 5) is -0.239. The van der Waals surface area contributed by atoms with Gasteiger partial charge >= 0.3 is 0 Å². The van der Waals surface area contributed by atoms with Crippen molar-refractivity contribution in [2.45, 2.75) is 17.4 Å². The fourth-order valence-electron chi connectivity index (χ4n) is 1.81. The Morgan fingerprint density at radius 3 is 2.72 bits per heavy atom. The SMILES string of the molecule is Nc1cc(S(=O)(=O)N2CCC(O)C2)c(Cl)cc1F. The van der Waals surface area contributed by atoms with Gasteiger partial charge in [0.15, 0.2) is 0 Å². The maximum atomic E-state index is 13.1. The van der Waals surface area contributed by atoms with Crippen LogP contribution in [0.25, 0.3) is 0 Å². The first-order valence-corrected chi connectivity index (χ1v) is 7.07. The molecule has 100 valence electrons. The maximum Gasteiger partial charge on any atom is 0.244 e. The Morgan fingerprint density at radius 1 is 1.50 bits per heavy atom. The Labute approximate surface area is 109 Å². The fourth-order valence-corrected chi connectivity index (χ4v) is 3.83. The number of anilines is 1. The molecule has 18 heavy (non-hydrogen) atoms. The zero-order valence-corrected chi connectivity index (χ0v) is 10.9. The number of β-amino-alcohol motifs (C(OH)–C–C–N with tert-alkyl or cyclic N) is 1. The average Bonchev–Trinajstić information content (AvgIpc) is 2.70. The lowest BCUT2D eigenvalue weighted by Crippen LogP contribution is -2.30. The summed E-state index contributed by atoms with van der Waals surface area (Å²) in [5.41, 5.74) is 5.07. The van der Waals surface area contributed by atoms with Crippen molar-refractivity contribution in [3.8, 4) is 0 Å². The van der Waals surface area contributed by atoms with E-state index in [1.807, 2.05) is 0 Å². The van der Waals surface area contributed by atoms with Crippen LogP contribution in [0, 0.1) is 5.82 Å². The van der Waals surface area contributed by atoms with Crippen LogP contribution in [0.5, 0.6) is 0 Å². The van der Waals surface area contributed by atoms with Crippen LogP contribution in [-0.4, -0.2) is 37.0 Å². The van der Waals surface area contributed by atoms with Crippen LogP contribution in [0.1, 0.15) is 6.42 Å². The number of nitrogens with zero attached hydrogens (tertiary/aromatic N) is 1. The number of aliphatic hydroxyl groups excluding tert-OH is 1. The number of nitrogen functional groups attached to an aromatic ring is 1. The number of aliphatic hydroxyl groups is 1. The van der Waals surface area contributed by atoms with Crippen molar-refractivity contribution in [2.24, 2.45) is 0 Å². The Balaban J connectivity index is 2.45. The summed E-state index contributed by atoms with van der Waals surface area (Å²) in [5.74, 6) is -0.764. The Hall–Kier alpha value is -0.890. The number of benzene rings is 1. The van der Waals surface area contributed by atoms with Gasteiger partial charge in [-0.2, -0.15) is 4.31 Å². The predicted molar refractivity (Wildman–Crippen MR) is 65.2 cm³/mol. The molecule has 1 fully saturated rings. The molecule has 1 aliphatic rings. The van der Waals surface area contributed by atoms with Crippen LogP contribution in [0.3, 0.4) is 0 Å². The minimum absolute atomic E-state index is 0.00986. The van der Waals surface area contributed by atoms with E-state index in [0.717, 1.165) is 16.4 Å². The lowest BCUT2D eigenvalue weighted by Gasteiger charge is -2.17. The number of rotatable bonds is 2. The summed E-state index contributed by atoms with van der Waals surface area (Å²) in [6, 6.07) is 1.87. The fraction of sp³-hybridized carbons (Fsp3) is 0.400. The van der Waals surface area contributed by atoms with E-state index in [2.05, 4.69) is 0 Å². The normalized spacial score (nSPS) is 21.4. The minimum atomic E-state index is -3.85. The molecule has 0 aromatic heterocycles. The van der Waals surface area contributed by atoms with Crippen LogP contribution >= 0.6 is 11.6 Å². The molecule has 1 atom stereocenters. The van der Waals surface area contributed by atoms with Crippen molar-refractivity contribution in [3.63, 3.8) is 0 Å². The summed E-state index contributed by atoms with van der Waals surface area (Å²) in [7, 11) is -3.85. The van der Waals surface area contributed by atoms with Gasteiger partial charge in [-0.25, -0.2) is 12.8 Å². The molecule has 5 nitrogen and oxygen atoms in total. The predicted octanol–water partition coefficient (Wildman–Crippen LogP) is 0.817. The van der Waals surface area contributed by atoms with Crippen molar-refractivity contribution < 1.29 is 17.9 Å². The number of hydrogen-bond acceptors (Lipinski definition) is 4. The van der Waals surface area contributed by atoms with E-state index in [-0.39, 0.29) is 28.7 Å². The first-order chi connectivity index (χ1) is 8.32. The van der Waals surface area contributed by atoms with Gasteiger partial charge in [0.2, 0.25) is 10.0 Å². The molecular formula is C10H12ClFN2O3S. The van der Waals surface area contributed by atoms with Gasteiger partial charge in [-0.15, -0.1) is 0 Å². The molecule has 2 rings (SSSR count). The molecule has 1 unspecified atom stereocenters. The molecule has 8 heteroatoms. The van der Waals surface area contributed by atoms with Gasteiger partial charge in [0.1, 0.15) is 10.7 Å². The second-order valence-electron chi connectivity index (χ2n) is 4.11. The molecule has 3 N–H and O–H groups in total. The summed E-state index contributed by atoms with van der Waals surface area (Å²) in [5, 5.41) is 9.13. The van der Waals surface area contributed by atoms with Gasteiger partial charge < -0.3 is 10.8 Å². The van der Waals surface area contributed by atoms with Gasteiger partial charge in [-0.05, 0) is 18.6 Å². The highest BCUT2D eigenvalue weighted by atomic mass is 35.5. The standard InChI is InChI=1S/C10H12ClFN2O3S/c11-7-3-8(12)9(13)4-10(7)18(16,17)14-2-1-6(15)5-14/h3-4,6,15H,1-2,5,13H2. The topological polar surface area (TPSA) is 83.6 Å². The van der Waals surface area contributed by atoms with E-state index < -0.39 is 21.9 Å². The highest BCUT2D eigenvalue weighted by Gasteiger charge is 2.33. The molecule has 1 aromatic carbocycles. The van der Waals surface area contributed by atoms with Gasteiger partial charge in [0.05, 0.1) is 16.8 Å². The van der Waals surface area contributed by atoms with Gasteiger partial charge in [0, 0.05) is 13.1 Å². The lowest BCUT2D eigenvalue weighted by atomic mass is 10.3. The molecule has 0 radical (unpaired) electrons. The van der Waals surface area contributed by atoms with Crippen LogP contribution in [0.4, 0.5) is 10.1 Å². The lowest BCUT2D eigenvalue weighted by molar-refractivity contribution is 0.189. The third-order valence-corrected chi connectivity index (χ3v) is 5.12. The van der Waals surface area contributed by atoms with Crippen LogP contribution in [-0.2, 0) is 10.0 Å². The van der Waals surface area contributed by atoms with Gasteiger partial charge in [-0.3, -0.25) is 0 Å². The highest BCUT2D eigenvalue weighted by Crippen LogP contribution is 2.30. The zero-order chi connectivity index (χ0) is 13.5. The first kappa shape index (κ1) is 13.5. The smallest absolute Gasteiger partial charge is 0.244 e. The third-order valence-electron chi connectivity index (χ3n) is 2.80. The van der Waals surface area contributed by atoms with Crippen molar-refractivity contribution in [1.82, 2.24) is 4.31 Å². The van der Waals surface area contributed by atoms with Gasteiger partial charge in [-0.1, -0.05) is 11.6 Å².